The third kappa shape index (κ3) is 4.23. The number of hydrogen-bond acceptors (Lipinski definition) is 7. The number of phenols is 1. The zero-order valence-corrected chi connectivity index (χ0v) is 18.7. The van der Waals surface area contributed by atoms with E-state index in [-0.39, 0.29) is 23.6 Å². The van der Waals surface area contributed by atoms with Crippen LogP contribution in [0.15, 0.2) is 64.8 Å². The van der Waals surface area contributed by atoms with Gasteiger partial charge < -0.3 is 14.6 Å². The Bertz CT molecular complexity index is 1080. The van der Waals surface area contributed by atoms with Gasteiger partial charge in [-0.2, -0.15) is 0 Å². The molecule has 0 spiro atoms. The summed E-state index contributed by atoms with van der Waals surface area (Å²) in [5.74, 6) is 0.730. The molecule has 1 saturated heterocycles. The summed E-state index contributed by atoms with van der Waals surface area (Å²) in [6, 6.07) is 13.5. The highest BCUT2D eigenvalue weighted by molar-refractivity contribution is 8.00. The van der Waals surface area contributed by atoms with E-state index in [1.54, 1.807) is 55.3 Å². The van der Waals surface area contributed by atoms with E-state index in [2.05, 4.69) is 4.99 Å². The minimum Gasteiger partial charge on any atom is -0.507 e. The van der Waals surface area contributed by atoms with Crippen molar-refractivity contribution in [1.29, 1.82) is 0 Å². The average Bonchev–Trinajstić information content (AvgIpc) is 2.83. The highest BCUT2D eigenvalue weighted by Crippen LogP contribution is 2.42. The molecule has 1 fully saturated rings. The number of carbonyl (C=O) groups is 2. The van der Waals surface area contributed by atoms with Crippen LogP contribution in [0.5, 0.6) is 11.5 Å². The zero-order valence-electron chi connectivity index (χ0n) is 17.9. The van der Waals surface area contributed by atoms with Crippen molar-refractivity contribution in [2.45, 2.75) is 31.4 Å². The summed E-state index contributed by atoms with van der Waals surface area (Å²) >= 11 is 1.59. The number of thioether (sulfide) groups is 1. The zero-order chi connectivity index (χ0) is 22.7. The van der Waals surface area contributed by atoms with Gasteiger partial charge in [0.15, 0.2) is 6.04 Å². The van der Waals surface area contributed by atoms with E-state index in [9.17, 15) is 14.7 Å². The Morgan fingerprint density at radius 3 is 2.69 bits per heavy atom. The second kappa shape index (κ2) is 9.48. The molecule has 0 bridgehead atoms. The molecule has 4 rings (SSSR count). The molecule has 0 unspecified atom stereocenters. The summed E-state index contributed by atoms with van der Waals surface area (Å²) in [5.41, 5.74) is 2.61. The number of hydrogen-bond donors (Lipinski definition) is 1. The Morgan fingerprint density at radius 1 is 1.25 bits per heavy atom. The first-order valence-corrected chi connectivity index (χ1v) is 11.4. The molecule has 0 aliphatic carbocycles. The van der Waals surface area contributed by atoms with E-state index < -0.39 is 12.0 Å². The number of aromatic hydroxyl groups is 1. The Labute approximate surface area is 190 Å². The van der Waals surface area contributed by atoms with Crippen LogP contribution in [-0.2, 0) is 20.9 Å². The third-order valence-corrected chi connectivity index (χ3v) is 6.80. The first-order valence-electron chi connectivity index (χ1n) is 10.3. The fraction of sp³-hybridized carbons (Fsp3) is 0.292. The van der Waals surface area contributed by atoms with E-state index in [1.807, 2.05) is 19.1 Å². The fourth-order valence-electron chi connectivity index (χ4n) is 3.62. The lowest BCUT2D eigenvalue weighted by molar-refractivity contribution is -0.151. The predicted molar refractivity (Wildman–Crippen MR) is 123 cm³/mol. The molecule has 0 radical (unpaired) electrons. The van der Waals surface area contributed by atoms with Gasteiger partial charge in [-0.05, 0) is 41.8 Å². The van der Waals surface area contributed by atoms with Gasteiger partial charge in [0.2, 0.25) is 0 Å². The number of β-lactam (4-membered cyclic amide) rings is 1. The summed E-state index contributed by atoms with van der Waals surface area (Å²) in [7, 11) is 1.59. The lowest BCUT2D eigenvalue weighted by Gasteiger charge is -2.48. The van der Waals surface area contributed by atoms with Crippen molar-refractivity contribution >= 4 is 29.9 Å². The normalized spacial score (nSPS) is 20.2. The largest absolute Gasteiger partial charge is 0.507 e. The van der Waals surface area contributed by atoms with Crippen LogP contribution in [0.25, 0.3) is 0 Å². The molecule has 8 heteroatoms. The van der Waals surface area contributed by atoms with Gasteiger partial charge in [0, 0.05) is 17.5 Å². The summed E-state index contributed by atoms with van der Waals surface area (Å²) < 4.78 is 10.7. The molecule has 7 nitrogen and oxygen atoms in total. The number of phenolic OH excluding ortho intramolecular Hbond substituents is 1. The van der Waals surface area contributed by atoms with Crippen molar-refractivity contribution < 1.29 is 24.2 Å². The van der Waals surface area contributed by atoms with Crippen LogP contribution >= 0.6 is 11.8 Å². The topological polar surface area (TPSA) is 88.4 Å². The van der Waals surface area contributed by atoms with Crippen molar-refractivity contribution in [1.82, 2.24) is 4.90 Å². The Morgan fingerprint density at radius 2 is 2.00 bits per heavy atom. The van der Waals surface area contributed by atoms with Crippen LogP contribution in [0.1, 0.15) is 24.5 Å². The summed E-state index contributed by atoms with van der Waals surface area (Å²) in [6.07, 6.45) is 2.17. The van der Waals surface area contributed by atoms with Crippen molar-refractivity contribution in [3.63, 3.8) is 0 Å². The van der Waals surface area contributed by atoms with E-state index in [4.69, 9.17) is 9.47 Å². The van der Waals surface area contributed by atoms with Crippen LogP contribution in [0.4, 0.5) is 0 Å². The molecular weight excluding hydrogens is 428 g/mol. The van der Waals surface area contributed by atoms with Crippen LogP contribution in [0, 0.1) is 0 Å². The first kappa shape index (κ1) is 22.0. The highest BCUT2D eigenvalue weighted by atomic mass is 32.2. The first-order chi connectivity index (χ1) is 15.5. The number of methoxy groups -OCH3 is 1. The molecule has 2 aliphatic rings. The molecule has 2 atom stereocenters. The van der Waals surface area contributed by atoms with Crippen LogP contribution in [-0.4, -0.2) is 52.4 Å². The maximum absolute atomic E-state index is 13.0. The minimum absolute atomic E-state index is 0.104. The van der Waals surface area contributed by atoms with Crippen LogP contribution < -0.4 is 4.74 Å². The van der Waals surface area contributed by atoms with Gasteiger partial charge in [-0.3, -0.25) is 14.7 Å². The summed E-state index contributed by atoms with van der Waals surface area (Å²) in [4.78, 5) is 31.8. The van der Waals surface area contributed by atoms with E-state index >= 15 is 0 Å². The third-order valence-electron chi connectivity index (χ3n) is 5.48. The van der Waals surface area contributed by atoms with E-state index in [0.717, 1.165) is 16.9 Å². The maximum Gasteiger partial charge on any atom is 0.355 e. The van der Waals surface area contributed by atoms with Crippen molar-refractivity contribution in [2.24, 2.45) is 4.99 Å². The van der Waals surface area contributed by atoms with Crippen LogP contribution in [0.2, 0.25) is 0 Å². The lowest BCUT2D eigenvalue weighted by Crippen LogP contribution is -2.64. The van der Waals surface area contributed by atoms with Crippen molar-refractivity contribution in [2.75, 3.05) is 12.9 Å². The molecule has 1 N–H and O–H groups in total. The van der Waals surface area contributed by atoms with E-state index in [0.29, 0.717) is 23.4 Å². The number of aliphatic imine (C=N–C) groups is 1. The molecule has 2 aliphatic heterocycles. The molecule has 0 saturated carbocycles. The number of nitrogens with zero attached hydrogens (tertiary/aromatic N) is 2. The molecule has 2 aromatic rings. The monoisotopic (exact) mass is 452 g/mol. The van der Waals surface area contributed by atoms with E-state index in [1.165, 1.54) is 11.1 Å². The smallest absolute Gasteiger partial charge is 0.355 e. The fourth-order valence-corrected chi connectivity index (χ4v) is 5.06. The minimum atomic E-state index is -0.595. The number of esters is 1. The molecule has 166 valence electrons. The molecule has 2 heterocycles. The molecule has 2 aromatic carbocycles. The highest BCUT2D eigenvalue weighted by Gasteiger charge is 2.53. The summed E-state index contributed by atoms with van der Waals surface area (Å²) in [6.45, 7) is 2.07. The van der Waals surface area contributed by atoms with Gasteiger partial charge in [-0.25, -0.2) is 4.79 Å². The number of amides is 1. The molecular formula is C24H24N2O5S. The van der Waals surface area contributed by atoms with Gasteiger partial charge in [0.25, 0.3) is 5.91 Å². The number of ether oxygens (including phenoxy) is 2. The van der Waals surface area contributed by atoms with Gasteiger partial charge in [0.1, 0.15) is 29.2 Å². The Kier molecular flexibility index (Phi) is 6.50. The van der Waals surface area contributed by atoms with Gasteiger partial charge in [-0.15, -0.1) is 11.8 Å². The van der Waals surface area contributed by atoms with Crippen molar-refractivity contribution in [3.05, 3.63) is 70.9 Å². The number of fused-ring (bicyclic) bond motifs is 1. The SMILES string of the molecule is CCC1=C(C(=O)OCc2ccc(OC)cc2)N2C(=O)[C@@H](/N=C\c3ccccc3O)[C@H]2SC1. The Balaban J connectivity index is 1.47. The van der Waals surface area contributed by atoms with Crippen molar-refractivity contribution in [3.8, 4) is 11.5 Å². The second-order valence-corrected chi connectivity index (χ2v) is 8.53. The molecule has 0 aromatic heterocycles. The number of carbonyl (C=O) groups excluding carboxylic acids is 2. The lowest BCUT2D eigenvalue weighted by atomic mass is 10.0. The summed E-state index contributed by atoms with van der Waals surface area (Å²) in [5, 5.41) is 9.65. The quantitative estimate of drug-likeness (QED) is 0.393. The number of rotatable bonds is 7. The average molecular weight is 453 g/mol. The standard InChI is InChI=1S/C24H24N2O5S/c1-3-16-14-32-23-20(25-12-17-6-4-5-7-19(17)27)22(28)26(23)21(16)24(29)31-13-15-8-10-18(30-2)11-9-15/h4-12,20,23,27H,3,13-14H2,1-2H3/b25-12-/t20-,23-/m1/s1. The number of para-hydroxylation sites is 1. The van der Waals surface area contributed by atoms with Crippen LogP contribution in [0.3, 0.4) is 0 Å². The van der Waals surface area contributed by atoms with Gasteiger partial charge in [-0.1, -0.05) is 31.2 Å². The van der Waals surface area contributed by atoms with Gasteiger partial charge >= 0.3 is 5.97 Å². The Hall–Kier alpha value is -3.26. The molecule has 1 amide bonds. The predicted octanol–water partition coefficient (Wildman–Crippen LogP) is 3.51. The second-order valence-electron chi connectivity index (χ2n) is 7.42. The number of benzene rings is 2. The van der Waals surface area contributed by atoms with Gasteiger partial charge in [0.05, 0.1) is 7.11 Å². The maximum atomic E-state index is 13.0. The molecule has 32 heavy (non-hydrogen) atoms.